The van der Waals surface area contributed by atoms with Crippen LogP contribution in [0.25, 0.3) is 0 Å². The molecule has 0 saturated carbocycles. The zero-order chi connectivity index (χ0) is 11.6. The lowest BCUT2D eigenvalue weighted by Crippen LogP contribution is -2.32. The Hall–Kier alpha value is -1.65. The zero-order valence-corrected chi connectivity index (χ0v) is 8.74. The van der Waals surface area contributed by atoms with Gasteiger partial charge in [0.25, 0.3) is 5.91 Å². The Morgan fingerprint density at radius 2 is 2.07 bits per heavy atom. The molecule has 0 aliphatic carbocycles. The molecule has 0 unspecified atom stereocenters. The summed E-state index contributed by atoms with van der Waals surface area (Å²) in [5.41, 5.74) is -0.264. The van der Waals surface area contributed by atoms with E-state index in [1.54, 1.807) is 0 Å². The monoisotopic (exact) mass is 211 g/mol. The van der Waals surface area contributed by atoms with E-state index in [1.807, 2.05) is 6.92 Å². The van der Waals surface area contributed by atoms with Crippen molar-refractivity contribution in [1.82, 2.24) is 4.90 Å². The predicted octanol–water partition coefficient (Wildman–Crippen LogP) is 0.556. The summed E-state index contributed by atoms with van der Waals surface area (Å²) in [5.74, 6) is -1.87. The van der Waals surface area contributed by atoms with Crippen LogP contribution in [0.2, 0.25) is 0 Å². The maximum Gasteiger partial charge on any atom is 0.267 e. The van der Waals surface area contributed by atoms with Crippen LogP contribution in [0.3, 0.4) is 0 Å². The van der Waals surface area contributed by atoms with Crippen LogP contribution >= 0.6 is 0 Å². The Kier molecular flexibility index (Phi) is 3.24. The van der Waals surface area contributed by atoms with E-state index < -0.39 is 11.7 Å². The highest BCUT2D eigenvalue weighted by Crippen LogP contribution is 2.17. The number of allylic oxidation sites excluding steroid dienone is 1. The number of ketones is 1. The molecule has 1 aliphatic rings. The number of aliphatic hydroxyl groups excluding tert-OH is 1. The number of hydrogen-bond acceptors (Lipinski definition) is 4. The average molecular weight is 211 g/mol. The van der Waals surface area contributed by atoms with Crippen LogP contribution in [0.1, 0.15) is 26.7 Å². The summed E-state index contributed by atoms with van der Waals surface area (Å²) in [5, 5.41) is 9.12. The van der Waals surface area contributed by atoms with Crippen LogP contribution < -0.4 is 0 Å². The first-order valence-corrected chi connectivity index (χ1v) is 4.76. The number of likely N-dealkylation sites (tertiary alicyclic amines) is 1. The van der Waals surface area contributed by atoms with Gasteiger partial charge in [0.15, 0.2) is 5.78 Å². The molecule has 5 nitrogen and oxygen atoms in total. The van der Waals surface area contributed by atoms with E-state index in [1.165, 1.54) is 6.92 Å². The highest BCUT2D eigenvalue weighted by molar-refractivity contribution is 6.29. The van der Waals surface area contributed by atoms with Gasteiger partial charge in [0.1, 0.15) is 11.3 Å². The SMILES string of the molecule is CCCC(=O)N1CC(=O)/C(=C(\C)O)C1=O. The highest BCUT2D eigenvalue weighted by atomic mass is 16.3. The quantitative estimate of drug-likeness (QED) is 0.411. The van der Waals surface area contributed by atoms with Crippen LogP contribution in [0.4, 0.5) is 0 Å². The van der Waals surface area contributed by atoms with Gasteiger partial charge < -0.3 is 5.11 Å². The van der Waals surface area contributed by atoms with Gasteiger partial charge in [-0.25, -0.2) is 0 Å². The van der Waals surface area contributed by atoms with Crippen LogP contribution in [0.5, 0.6) is 0 Å². The normalized spacial score (nSPS) is 19.7. The lowest BCUT2D eigenvalue weighted by atomic mass is 10.2. The molecule has 0 bridgehead atoms. The summed E-state index contributed by atoms with van der Waals surface area (Å²) in [7, 11) is 0. The average Bonchev–Trinajstić information content (AvgIpc) is 2.42. The third-order valence-corrected chi connectivity index (χ3v) is 2.17. The molecule has 0 aromatic heterocycles. The Morgan fingerprint density at radius 3 is 2.47 bits per heavy atom. The number of hydrogen-bond donors (Lipinski definition) is 1. The first-order valence-electron chi connectivity index (χ1n) is 4.76. The van der Waals surface area contributed by atoms with Crippen LogP contribution in [-0.2, 0) is 14.4 Å². The number of amides is 2. The van der Waals surface area contributed by atoms with Crippen molar-refractivity contribution in [2.75, 3.05) is 6.54 Å². The van der Waals surface area contributed by atoms with Crippen molar-refractivity contribution in [2.45, 2.75) is 26.7 Å². The molecule has 0 radical (unpaired) electrons. The number of rotatable bonds is 2. The Bertz CT molecular complexity index is 352. The first kappa shape index (κ1) is 11.4. The van der Waals surface area contributed by atoms with Crippen molar-refractivity contribution in [3.05, 3.63) is 11.3 Å². The number of imide groups is 1. The molecular formula is C10H13NO4. The molecule has 5 heteroatoms. The molecule has 15 heavy (non-hydrogen) atoms. The molecule has 1 saturated heterocycles. The van der Waals surface area contributed by atoms with E-state index in [0.717, 1.165) is 4.90 Å². The Morgan fingerprint density at radius 1 is 1.47 bits per heavy atom. The molecule has 0 atom stereocenters. The summed E-state index contributed by atoms with van der Waals surface area (Å²) in [6.07, 6.45) is 0.852. The van der Waals surface area contributed by atoms with Gasteiger partial charge in [0.05, 0.1) is 6.54 Å². The van der Waals surface area contributed by atoms with Crippen molar-refractivity contribution in [1.29, 1.82) is 0 Å². The van der Waals surface area contributed by atoms with E-state index >= 15 is 0 Å². The molecule has 1 N–H and O–H groups in total. The Labute approximate surface area is 87.4 Å². The molecule has 82 valence electrons. The minimum Gasteiger partial charge on any atom is -0.512 e. The molecule has 0 aromatic carbocycles. The third-order valence-electron chi connectivity index (χ3n) is 2.17. The zero-order valence-electron chi connectivity index (χ0n) is 8.74. The molecule has 1 fully saturated rings. The molecule has 1 rings (SSSR count). The topological polar surface area (TPSA) is 74.7 Å². The van der Waals surface area contributed by atoms with Crippen LogP contribution in [0.15, 0.2) is 11.3 Å². The summed E-state index contributed by atoms with van der Waals surface area (Å²) in [6, 6.07) is 0. The van der Waals surface area contributed by atoms with E-state index in [9.17, 15) is 14.4 Å². The lowest BCUT2D eigenvalue weighted by molar-refractivity contribution is -0.141. The van der Waals surface area contributed by atoms with E-state index in [-0.39, 0.29) is 30.2 Å². The van der Waals surface area contributed by atoms with Gasteiger partial charge in [0, 0.05) is 6.42 Å². The molecular weight excluding hydrogens is 198 g/mol. The van der Waals surface area contributed by atoms with Gasteiger partial charge in [-0.3, -0.25) is 19.3 Å². The second-order valence-electron chi connectivity index (χ2n) is 3.42. The fraction of sp³-hybridized carbons (Fsp3) is 0.500. The predicted molar refractivity (Wildman–Crippen MR) is 52.0 cm³/mol. The number of nitrogens with zero attached hydrogens (tertiary/aromatic N) is 1. The smallest absolute Gasteiger partial charge is 0.267 e. The van der Waals surface area contributed by atoms with Gasteiger partial charge in [-0.1, -0.05) is 6.92 Å². The summed E-state index contributed by atoms with van der Waals surface area (Å²) in [6.45, 7) is 2.83. The van der Waals surface area contributed by atoms with Gasteiger partial charge in [0.2, 0.25) is 5.91 Å². The largest absolute Gasteiger partial charge is 0.512 e. The van der Waals surface area contributed by atoms with Crippen molar-refractivity contribution < 1.29 is 19.5 Å². The Balaban J connectivity index is 2.92. The maximum atomic E-state index is 11.5. The molecule has 1 aliphatic heterocycles. The maximum absolute atomic E-state index is 11.5. The summed E-state index contributed by atoms with van der Waals surface area (Å²) in [4.78, 5) is 35.2. The standard InChI is InChI=1S/C10H13NO4/c1-3-4-8(14)11-5-7(13)9(6(2)12)10(11)15/h12H,3-5H2,1-2H3/b9-6-. The van der Waals surface area contributed by atoms with Crippen molar-refractivity contribution in [3.63, 3.8) is 0 Å². The van der Waals surface area contributed by atoms with Gasteiger partial charge in [-0.2, -0.15) is 0 Å². The first-order chi connectivity index (χ1) is 6.99. The highest BCUT2D eigenvalue weighted by Gasteiger charge is 2.38. The van der Waals surface area contributed by atoms with Crippen LogP contribution in [-0.4, -0.2) is 34.1 Å². The van der Waals surface area contributed by atoms with Gasteiger partial charge in [-0.15, -0.1) is 0 Å². The number of carbonyl (C=O) groups excluding carboxylic acids is 3. The molecule has 2 amide bonds. The van der Waals surface area contributed by atoms with E-state index in [4.69, 9.17) is 5.11 Å². The minimum absolute atomic E-state index is 0.233. The summed E-state index contributed by atoms with van der Waals surface area (Å²) >= 11 is 0. The molecule has 0 aromatic rings. The summed E-state index contributed by atoms with van der Waals surface area (Å²) < 4.78 is 0. The van der Waals surface area contributed by atoms with E-state index in [0.29, 0.717) is 6.42 Å². The number of aliphatic hydroxyl groups is 1. The van der Waals surface area contributed by atoms with Gasteiger partial charge >= 0.3 is 0 Å². The fourth-order valence-electron chi connectivity index (χ4n) is 1.46. The lowest BCUT2D eigenvalue weighted by Gasteiger charge is -2.10. The third kappa shape index (κ3) is 2.06. The fourth-order valence-corrected chi connectivity index (χ4v) is 1.46. The van der Waals surface area contributed by atoms with Crippen molar-refractivity contribution in [3.8, 4) is 0 Å². The molecule has 1 heterocycles. The second kappa shape index (κ2) is 4.25. The van der Waals surface area contributed by atoms with Crippen molar-refractivity contribution >= 4 is 17.6 Å². The number of Topliss-reactive ketones (excluding diaryl/α,β-unsaturated/α-hetero) is 1. The number of carbonyl (C=O) groups is 3. The van der Waals surface area contributed by atoms with Crippen LogP contribution in [0, 0.1) is 0 Å². The van der Waals surface area contributed by atoms with E-state index in [2.05, 4.69) is 0 Å². The van der Waals surface area contributed by atoms with Crippen molar-refractivity contribution in [2.24, 2.45) is 0 Å². The van der Waals surface area contributed by atoms with Gasteiger partial charge in [-0.05, 0) is 13.3 Å². The molecule has 0 spiro atoms. The second-order valence-corrected chi connectivity index (χ2v) is 3.42. The minimum atomic E-state index is -0.682.